The fraction of sp³-hybridized carbons (Fsp3) is 0.435. The summed E-state index contributed by atoms with van der Waals surface area (Å²) < 4.78 is 39.2. The number of carbonyl (C=O) groups excluding carboxylic acids is 1. The molecule has 0 atom stereocenters. The Morgan fingerprint density at radius 3 is 2.58 bits per heavy atom. The highest BCUT2D eigenvalue weighted by Crippen LogP contribution is 2.26. The zero-order chi connectivity index (χ0) is 22.4. The summed E-state index contributed by atoms with van der Waals surface area (Å²) in [5.41, 5.74) is 1.04. The first-order valence-electron chi connectivity index (χ1n) is 10.5. The van der Waals surface area contributed by atoms with Crippen LogP contribution in [0, 0.1) is 5.92 Å². The molecule has 0 radical (unpaired) electrons. The third-order valence-electron chi connectivity index (χ3n) is 5.46. The highest BCUT2D eigenvalue weighted by atomic mass is 32.2. The van der Waals surface area contributed by atoms with Crippen LogP contribution in [0.5, 0.6) is 11.5 Å². The minimum absolute atomic E-state index is 0.0305. The van der Waals surface area contributed by atoms with E-state index in [2.05, 4.69) is 11.6 Å². The molecule has 7 nitrogen and oxygen atoms in total. The largest absolute Gasteiger partial charge is 0.496 e. The molecule has 1 amide bonds. The van der Waals surface area contributed by atoms with Crippen molar-refractivity contribution in [3.8, 4) is 11.5 Å². The fourth-order valence-corrected chi connectivity index (χ4v) is 4.62. The Morgan fingerprint density at radius 1 is 1.16 bits per heavy atom. The van der Waals surface area contributed by atoms with Crippen LogP contribution in [-0.2, 0) is 16.6 Å². The Kier molecular flexibility index (Phi) is 7.56. The maximum Gasteiger partial charge on any atom is 0.257 e. The van der Waals surface area contributed by atoms with Crippen molar-refractivity contribution in [2.45, 2.75) is 38.1 Å². The van der Waals surface area contributed by atoms with Crippen LogP contribution in [0.2, 0.25) is 0 Å². The smallest absolute Gasteiger partial charge is 0.257 e. The lowest BCUT2D eigenvalue weighted by molar-refractivity contribution is 0.0693. The number of piperidine rings is 1. The molecule has 2 aromatic carbocycles. The summed E-state index contributed by atoms with van der Waals surface area (Å²) in [5, 5.41) is 0. The third kappa shape index (κ3) is 5.77. The normalized spacial score (nSPS) is 15.0. The predicted octanol–water partition coefficient (Wildman–Crippen LogP) is 3.44. The number of sulfonamides is 1. The number of benzene rings is 2. The summed E-state index contributed by atoms with van der Waals surface area (Å²) in [5.74, 6) is 1.44. The number of likely N-dealkylation sites (tertiary alicyclic amines) is 1. The molecule has 31 heavy (non-hydrogen) atoms. The summed E-state index contributed by atoms with van der Waals surface area (Å²) in [7, 11) is -2.35. The second kappa shape index (κ2) is 10.2. The quantitative estimate of drug-likeness (QED) is 0.671. The Labute approximate surface area is 184 Å². The maximum absolute atomic E-state index is 13.1. The molecule has 0 aliphatic carbocycles. The second-order valence-electron chi connectivity index (χ2n) is 7.74. The topological polar surface area (TPSA) is 84.9 Å². The fourth-order valence-electron chi connectivity index (χ4n) is 3.58. The summed E-state index contributed by atoms with van der Waals surface area (Å²) in [4.78, 5) is 14.9. The number of methoxy groups -OCH3 is 1. The Hall–Kier alpha value is -2.58. The number of amides is 1. The molecule has 0 bridgehead atoms. The molecule has 3 rings (SSSR count). The van der Waals surface area contributed by atoms with Gasteiger partial charge in [-0.05, 0) is 61.6 Å². The zero-order valence-electron chi connectivity index (χ0n) is 18.3. The van der Waals surface area contributed by atoms with Crippen LogP contribution in [0.3, 0.4) is 0 Å². The standard InChI is InChI=1S/C23H30N2O5S/c1-4-30-19-7-5-6-18(14-19)16-24-31(27,28)20-8-9-22(29-3)21(15-20)23(26)25-12-10-17(2)11-13-25/h5-9,14-15,17,24H,4,10-13,16H2,1-3H3. The molecule has 0 aromatic heterocycles. The van der Waals surface area contributed by atoms with Crippen LogP contribution >= 0.6 is 0 Å². The molecule has 2 aromatic rings. The van der Waals surface area contributed by atoms with Gasteiger partial charge in [0.05, 0.1) is 24.2 Å². The van der Waals surface area contributed by atoms with Gasteiger partial charge >= 0.3 is 0 Å². The van der Waals surface area contributed by atoms with Gasteiger partial charge in [0.15, 0.2) is 0 Å². The minimum Gasteiger partial charge on any atom is -0.496 e. The lowest BCUT2D eigenvalue weighted by Crippen LogP contribution is -2.38. The zero-order valence-corrected chi connectivity index (χ0v) is 19.1. The van der Waals surface area contributed by atoms with E-state index in [4.69, 9.17) is 9.47 Å². The number of nitrogens with one attached hydrogen (secondary N) is 1. The van der Waals surface area contributed by atoms with Gasteiger partial charge in [-0.3, -0.25) is 4.79 Å². The molecule has 168 valence electrons. The average molecular weight is 447 g/mol. The molecule has 1 aliphatic heterocycles. The summed E-state index contributed by atoms with van der Waals surface area (Å²) in [6.45, 7) is 6.03. The van der Waals surface area contributed by atoms with Crippen molar-refractivity contribution in [1.82, 2.24) is 9.62 Å². The van der Waals surface area contributed by atoms with Crippen LogP contribution in [0.15, 0.2) is 47.4 Å². The van der Waals surface area contributed by atoms with E-state index >= 15 is 0 Å². The van der Waals surface area contributed by atoms with E-state index in [0.717, 1.165) is 18.4 Å². The maximum atomic E-state index is 13.1. The average Bonchev–Trinajstić information content (AvgIpc) is 2.78. The van der Waals surface area contributed by atoms with E-state index < -0.39 is 10.0 Å². The van der Waals surface area contributed by atoms with E-state index in [1.807, 2.05) is 25.1 Å². The van der Waals surface area contributed by atoms with Crippen molar-refractivity contribution in [2.75, 3.05) is 26.8 Å². The van der Waals surface area contributed by atoms with Crippen molar-refractivity contribution in [3.63, 3.8) is 0 Å². The molecular weight excluding hydrogens is 416 g/mol. The molecule has 0 spiro atoms. The van der Waals surface area contributed by atoms with Crippen LogP contribution in [-0.4, -0.2) is 46.0 Å². The molecule has 1 saturated heterocycles. The number of hydrogen-bond donors (Lipinski definition) is 1. The van der Waals surface area contributed by atoms with Gasteiger partial charge in [-0.1, -0.05) is 19.1 Å². The van der Waals surface area contributed by atoms with Crippen molar-refractivity contribution >= 4 is 15.9 Å². The number of carbonyl (C=O) groups is 1. The van der Waals surface area contributed by atoms with Gasteiger partial charge in [0.2, 0.25) is 10.0 Å². The predicted molar refractivity (Wildman–Crippen MR) is 119 cm³/mol. The number of hydrogen-bond acceptors (Lipinski definition) is 5. The van der Waals surface area contributed by atoms with Gasteiger partial charge in [0, 0.05) is 19.6 Å². The van der Waals surface area contributed by atoms with Gasteiger partial charge < -0.3 is 14.4 Å². The molecule has 0 unspecified atom stereocenters. The van der Waals surface area contributed by atoms with Crippen LogP contribution in [0.1, 0.15) is 42.6 Å². The Balaban J connectivity index is 1.79. The van der Waals surface area contributed by atoms with E-state index in [-0.39, 0.29) is 22.9 Å². The van der Waals surface area contributed by atoms with E-state index in [0.29, 0.717) is 37.1 Å². The van der Waals surface area contributed by atoms with E-state index in [1.54, 1.807) is 11.0 Å². The van der Waals surface area contributed by atoms with E-state index in [9.17, 15) is 13.2 Å². The van der Waals surface area contributed by atoms with Gasteiger partial charge in [-0.25, -0.2) is 13.1 Å². The Bertz CT molecular complexity index is 1010. The van der Waals surface area contributed by atoms with Crippen molar-refractivity contribution in [3.05, 3.63) is 53.6 Å². The molecule has 1 fully saturated rings. The summed E-state index contributed by atoms with van der Waals surface area (Å²) in [6.07, 6.45) is 1.88. The van der Waals surface area contributed by atoms with Crippen molar-refractivity contribution in [1.29, 1.82) is 0 Å². The van der Waals surface area contributed by atoms with Gasteiger partial charge in [0.25, 0.3) is 5.91 Å². The van der Waals surface area contributed by atoms with Crippen LogP contribution in [0.4, 0.5) is 0 Å². The molecule has 1 aliphatic rings. The number of ether oxygens (including phenoxy) is 2. The number of rotatable bonds is 8. The lowest BCUT2D eigenvalue weighted by Gasteiger charge is -2.30. The second-order valence-corrected chi connectivity index (χ2v) is 9.51. The molecule has 0 saturated carbocycles. The monoisotopic (exact) mass is 446 g/mol. The van der Waals surface area contributed by atoms with Gasteiger partial charge in [-0.15, -0.1) is 0 Å². The highest BCUT2D eigenvalue weighted by molar-refractivity contribution is 7.89. The first-order valence-corrected chi connectivity index (χ1v) is 12.0. The van der Waals surface area contributed by atoms with Gasteiger partial charge in [0.1, 0.15) is 11.5 Å². The van der Waals surface area contributed by atoms with Crippen molar-refractivity contribution < 1.29 is 22.7 Å². The van der Waals surface area contributed by atoms with Crippen LogP contribution in [0.25, 0.3) is 0 Å². The van der Waals surface area contributed by atoms with Crippen LogP contribution < -0.4 is 14.2 Å². The highest BCUT2D eigenvalue weighted by Gasteiger charge is 2.26. The Morgan fingerprint density at radius 2 is 1.90 bits per heavy atom. The molecular formula is C23H30N2O5S. The molecule has 1 N–H and O–H groups in total. The first-order chi connectivity index (χ1) is 14.8. The molecule has 1 heterocycles. The third-order valence-corrected chi connectivity index (χ3v) is 6.86. The van der Waals surface area contributed by atoms with Gasteiger partial charge in [-0.2, -0.15) is 0 Å². The summed E-state index contributed by atoms with van der Waals surface area (Å²) >= 11 is 0. The molecule has 8 heteroatoms. The summed E-state index contributed by atoms with van der Waals surface area (Å²) in [6, 6.07) is 11.6. The lowest BCUT2D eigenvalue weighted by atomic mass is 9.98. The minimum atomic E-state index is -3.82. The number of nitrogens with zero attached hydrogens (tertiary/aromatic N) is 1. The first kappa shape index (κ1) is 23.1. The SMILES string of the molecule is CCOc1cccc(CNS(=O)(=O)c2ccc(OC)c(C(=O)N3CCC(C)CC3)c2)c1. The van der Waals surface area contributed by atoms with Crippen molar-refractivity contribution in [2.24, 2.45) is 5.92 Å². The van der Waals surface area contributed by atoms with E-state index in [1.165, 1.54) is 25.3 Å².